The summed E-state index contributed by atoms with van der Waals surface area (Å²) in [6.07, 6.45) is 3.63. The van der Waals surface area contributed by atoms with Crippen molar-refractivity contribution < 1.29 is 19.2 Å². The van der Waals surface area contributed by atoms with Gasteiger partial charge in [0.25, 0.3) is 0 Å². The minimum absolute atomic E-state index is 0.201. The molecule has 0 fully saturated rings. The van der Waals surface area contributed by atoms with Gasteiger partial charge in [-0.15, -0.1) is 0 Å². The number of aryl methyl sites for hydroxylation is 1. The van der Waals surface area contributed by atoms with E-state index in [4.69, 9.17) is 4.74 Å². The fraction of sp³-hybridized carbons (Fsp3) is 0.231. The van der Waals surface area contributed by atoms with Crippen LogP contribution in [-0.2, 0) is 17.3 Å². The largest absolute Gasteiger partial charge is 0.871 e. The summed E-state index contributed by atoms with van der Waals surface area (Å²) in [7, 11) is 5.49. The third kappa shape index (κ3) is 2.56. The molecule has 3 aromatic rings. The number of carbonyl (C=O) groups excluding carboxylic acids is 1. The Morgan fingerprint density at radius 3 is 2.58 bits per heavy atom. The Labute approximate surface area is 181 Å². The molecule has 0 saturated carbocycles. The van der Waals surface area contributed by atoms with Crippen molar-refractivity contribution in [2.75, 3.05) is 14.2 Å². The number of carbonyl (C=O) groups is 1. The first-order chi connectivity index (χ1) is 14.8. The first-order valence-corrected chi connectivity index (χ1v) is 10.3. The van der Waals surface area contributed by atoms with E-state index in [2.05, 4.69) is 30.6 Å². The fourth-order valence-electron chi connectivity index (χ4n) is 4.88. The summed E-state index contributed by atoms with van der Waals surface area (Å²) < 4.78 is 9.34. The highest BCUT2D eigenvalue weighted by Crippen LogP contribution is 2.43. The van der Waals surface area contributed by atoms with Gasteiger partial charge in [0.15, 0.2) is 11.5 Å². The van der Waals surface area contributed by atoms with Crippen molar-refractivity contribution in [2.24, 2.45) is 7.05 Å². The Bertz CT molecular complexity index is 1380. The van der Waals surface area contributed by atoms with Crippen molar-refractivity contribution >= 4 is 33.7 Å². The van der Waals surface area contributed by atoms with Crippen molar-refractivity contribution in [3.05, 3.63) is 77.2 Å². The first-order valence-electron chi connectivity index (χ1n) is 10.3. The Morgan fingerprint density at radius 1 is 1.16 bits per heavy atom. The number of para-hydroxylation sites is 1. The standard InChI is InChI=1S/C26H24N2O3/c1-26(2)19-8-6-7-9-21(19)28(4)22(26)13-17-24(29)23(25(17)30)18-14-27(3)20-11-10-15(31-5)12-16(18)20/h6-14H,1-5H3. The molecule has 0 atom stereocenters. The molecule has 2 heterocycles. The van der Waals surface area contributed by atoms with Crippen molar-refractivity contribution in [3.63, 3.8) is 0 Å². The summed E-state index contributed by atoms with van der Waals surface area (Å²) in [5.74, 6) is 0.291. The molecule has 2 aliphatic rings. The topological polar surface area (TPSA) is 57.3 Å². The van der Waals surface area contributed by atoms with E-state index < -0.39 is 0 Å². The average Bonchev–Trinajstić information content (AvgIpc) is 3.17. The van der Waals surface area contributed by atoms with E-state index in [1.165, 1.54) is 5.56 Å². The average molecular weight is 412 g/mol. The van der Waals surface area contributed by atoms with E-state index >= 15 is 0 Å². The second-order valence-electron chi connectivity index (χ2n) is 8.71. The molecule has 0 radical (unpaired) electrons. The number of ether oxygens (including phenoxy) is 1. The van der Waals surface area contributed by atoms with Crippen LogP contribution in [0, 0.1) is 0 Å². The first kappa shape index (κ1) is 19.4. The quantitative estimate of drug-likeness (QED) is 0.489. The van der Waals surface area contributed by atoms with Gasteiger partial charge in [0.2, 0.25) is 5.69 Å². The summed E-state index contributed by atoms with van der Waals surface area (Å²) in [6, 6.07) is 13.9. The number of nitrogens with zero attached hydrogens (tertiary/aromatic N) is 2. The van der Waals surface area contributed by atoms with Gasteiger partial charge in [0, 0.05) is 58.6 Å². The molecule has 1 aromatic heterocycles. The van der Waals surface area contributed by atoms with E-state index in [0.717, 1.165) is 22.3 Å². The van der Waals surface area contributed by atoms with Crippen LogP contribution in [0.25, 0.3) is 16.5 Å². The Kier molecular flexibility index (Phi) is 4.03. The van der Waals surface area contributed by atoms with Crippen LogP contribution in [0.4, 0.5) is 5.69 Å². The minimum Gasteiger partial charge on any atom is -0.871 e. The van der Waals surface area contributed by atoms with Crippen molar-refractivity contribution in [3.8, 4) is 5.75 Å². The summed E-state index contributed by atoms with van der Waals surface area (Å²) in [6.45, 7) is 4.24. The molecule has 5 nitrogen and oxygen atoms in total. The van der Waals surface area contributed by atoms with Gasteiger partial charge in [-0.1, -0.05) is 24.0 Å². The number of hydrogen-bond donors (Lipinski definition) is 0. The lowest BCUT2D eigenvalue weighted by Crippen LogP contribution is -2.33. The molecule has 156 valence electrons. The predicted molar refractivity (Wildman–Crippen MR) is 120 cm³/mol. The fourth-order valence-corrected chi connectivity index (χ4v) is 4.88. The number of allylic oxidation sites excluding steroid dienone is 3. The van der Waals surface area contributed by atoms with Crippen LogP contribution in [0.5, 0.6) is 5.75 Å². The molecular weight excluding hydrogens is 388 g/mol. The summed E-state index contributed by atoms with van der Waals surface area (Å²) in [4.78, 5) is 13.2. The number of benzene rings is 2. The smallest absolute Gasteiger partial charge is 0.209 e. The lowest BCUT2D eigenvalue weighted by molar-refractivity contribution is -0.401. The molecule has 0 unspecified atom stereocenters. The molecule has 31 heavy (non-hydrogen) atoms. The van der Waals surface area contributed by atoms with Gasteiger partial charge in [-0.05, 0) is 32.0 Å². The van der Waals surface area contributed by atoms with E-state index in [-0.39, 0.29) is 28.1 Å². The van der Waals surface area contributed by atoms with Crippen LogP contribution in [0.15, 0.2) is 66.1 Å². The second kappa shape index (κ2) is 6.45. The summed E-state index contributed by atoms with van der Waals surface area (Å²) in [5.41, 5.74) is 5.06. The maximum atomic E-state index is 13.2. The predicted octanol–water partition coefficient (Wildman–Crippen LogP) is 3.47. The molecule has 0 spiro atoms. The molecule has 0 amide bonds. The normalized spacial score (nSPS) is 18.7. The van der Waals surface area contributed by atoms with Gasteiger partial charge in [-0.25, -0.2) is 0 Å². The second-order valence-corrected chi connectivity index (χ2v) is 8.71. The lowest BCUT2D eigenvalue weighted by Gasteiger charge is -2.30. The van der Waals surface area contributed by atoms with Crippen molar-refractivity contribution in [1.29, 1.82) is 0 Å². The van der Waals surface area contributed by atoms with Gasteiger partial charge in [-0.3, -0.25) is 4.79 Å². The highest BCUT2D eigenvalue weighted by molar-refractivity contribution is 6.41. The number of ketones is 1. The third-order valence-electron chi connectivity index (χ3n) is 6.63. The molecule has 5 heteroatoms. The highest BCUT2D eigenvalue weighted by atomic mass is 16.5. The van der Waals surface area contributed by atoms with Gasteiger partial charge in [0.05, 0.1) is 12.5 Å². The van der Waals surface area contributed by atoms with Gasteiger partial charge < -0.3 is 14.4 Å². The summed E-state index contributed by atoms with van der Waals surface area (Å²) in [5, 5.41) is 14.0. The maximum Gasteiger partial charge on any atom is 0.209 e. The van der Waals surface area contributed by atoms with Gasteiger partial charge in [0.1, 0.15) is 12.8 Å². The van der Waals surface area contributed by atoms with Gasteiger partial charge in [-0.2, -0.15) is 4.58 Å². The van der Waals surface area contributed by atoms with Crippen LogP contribution < -0.4 is 9.84 Å². The molecule has 0 bridgehead atoms. The molecule has 5 rings (SSSR count). The number of aromatic nitrogens is 1. The Balaban J connectivity index is 1.63. The Morgan fingerprint density at radius 2 is 1.90 bits per heavy atom. The molecular formula is C26H24N2O3. The van der Waals surface area contributed by atoms with E-state index in [1.807, 2.05) is 55.2 Å². The van der Waals surface area contributed by atoms with E-state index in [1.54, 1.807) is 13.2 Å². The van der Waals surface area contributed by atoms with Crippen LogP contribution >= 0.6 is 0 Å². The zero-order valence-electron chi connectivity index (χ0n) is 18.3. The van der Waals surface area contributed by atoms with Crippen LogP contribution in [0.1, 0.15) is 25.0 Å². The lowest BCUT2D eigenvalue weighted by atomic mass is 9.77. The third-order valence-corrected chi connectivity index (χ3v) is 6.63. The number of fused-ring (bicyclic) bond motifs is 2. The highest BCUT2D eigenvalue weighted by Gasteiger charge is 2.44. The molecule has 2 aromatic carbocycles. The van der Waals surface area contributed by atoms with Crippen LogP contribution in [0.2, 0.25) is 0 Å². The molecule has 0 N–H and O–H groups in total. The van der Waals surface area contributed by atoms with E-state index in [9.17, 15) is 9.90 Å². The van der Waals surface area contributed by atoms with Crippen molar-refractivity contribution in [1.82, 2.24) is 4.57 Å². The monoisotopic (exact) mass is 412 g/mol. The number of hydrogen-bond acceptors (Lipinski definition) is 3. The number of methoxy groups -OCH3 is 1. The zero-order valence-corrected chi connectivity index (χ0v) is 18.3. The van der Waals surface area contributed by atoms with Crippen LogP contribution in [-0.4, -0.2) is 34.8 Å². The molecule has 1 aliphatic carbocycles. The number of rotatable bonds is 3. The molecule has 1 aliphatic heterocycles. The van der Waals surface area contributed by atoms with Crippen molar-refractivity contribution in [2.45, 2.75) is 19.3 Å². The molecule has 0 saturated heterocycles. The zero-order chi connectivity index (χ0) is 22.1. The van der Waals surface area contributed by atoms with Gasteiger partial charge >= 0.3 is 0 Å². The number of Topliss-reactive ketones (excluding diaryl/α,β-unsaturated/α-hetero) is 1. The maximum absolute atomic E-state index is 13.2. The van der Waals surface area contributed by atoms with Crippen LogP contribution in [0.3, 0.4) is 0 Å². The van der Waals surface area contributed by atoms with E-state index in [0.29, 0.717) is 11.3 Å². The SMILES string of the molecule is COc1ccc2c(c1)c(C1=C([O-])/C(=C\C3=[N+](C)c4ccccc4C3(C)C)C1=O)cn2C. The summed E-state index contributed by atoms with van der Waals surface area (Å²) >= 11 is 0. The minimum atomic E-state index is -0.290. The Hall–Kier alpha value is -3.60.